The molecule has 2 aliphatic rings. The molecule has 2 fully saturated rings. The van der Waals surface area contributed by atoms with Gasteiger partial charge in [0.25, 0.3) is 11.8 Å². The van der Waals surface area contributed by atoms with E-state index in [4.69, 9.17) is 16.3 Å². The number of piperazine rings is 1. The van der Waals surface area contributed by atoms with E-state index in [0.29, 0.717) is 50.3 Å². The van der Waals surface area contributed by atoms with Crippen LogP contribution in [0.25, 0.3) is 5.69 Å². The van der Waals surface area contributed by atoms with E-state index in [-0.39, 0.29) is 17.3 Å². The lowest BCUT2D eigenvalue weighted by Crippen LogP contribution is -2.44. The monoisotopic (exact) mass is 636 g/mol. The molecule has 13 nitrogen and oxygen atoms in total. The molecule has 236 valence electrons. The maximum atomic E-state index is 13.7. The third-order valence-corrected chi connectivity index (χ3v) is 7.57. The first kappa shape index (κ1) is 31.6. The van der Waals surface area contributed by atoms with Crippen LogP contribution in [0.1, 0.15) is 33.0 Å². The molecule has 0 spiro atoms. The minimum Gasteiger partial charge on any atom is -0.379 e. The van der Waals surface area contributed by atoms with Crippen LogP contribution >= 0.6 is 11.6 Å². The van der Waals surface area contributed by atoms with Gasteiger partial charge in [-0.2, -0.15) is 13.2 Å². The van der Waals surface area contributed by atoms with E-state index in [1.165, 1.54) is 10.9 Å². The minimum atomic E-state index is -4.88. The molecule has 1 aromatic carbocycles. The molecule has 0 radical (unpaired) electrons. The number of morpholine rings is 1. The number of hydrogen-bond donors (Lipinski definition) is 2. The third kappa shape index (κ3) is 7.80. The summed E-state index contributed by atoms with van der Waals surface area (Å²) in [6.07, 6.45) is -2.67. The Morgan fingerprint density at radius 2 is 1.75 bits per heavy atom. The maximum absolute atomic E-state index is 13.7. The molecule has 5 rings (SSSR count). The van der Waals surface area contributed by atoms with E-state index in [1.807, 2.05) is 11.9 Å². The summed E-state index contributed by atoms with van der Waals surface area (Å²) in [7, 11) is 1.99. The fourth-order valence-corrected chi connectivity index (χ4v) is 5.08. The molecule has 0 aliphatic carbocycles. The van der Waals surface area contributed by atoms with Crippen LogP contribution in [0.2, 0.25) is 5.15 Å². The van der Waals surface area contributed by atoms with Crippen molar-refractivity contribution in [1.29, 1.82) is 0 Å². The Kier molecular flexibility index (Phi) is 9.93. The number of rotatable bonds is 9. The van der Waals surface area contributed by atoms with Gasteiger partial charge in [0.05, 0.1) is 42.0 Å². The van der Waals surface area contributed by atoms with Crippen molar-refractivity contribution in [2.24, 2.45) is 0 Å². The lowest BCUT2D eigenvalue weighted by Gasteiger charge is -2.35. The Morgan fingerprint density at radius 1 is 1.00 bits per heavy atom. The second-order valence-corrected chi connectivity index (χ2v) is 10.9. The Labute approximate surface area is 256 Å². The molecule has 0 unspecified atom stereocenters. The van der Waals surface area contributed by atoms with Crippen molar-refractivity contribution in [3.63, 3.8) is 0 Å². The van der Waals surface area contributed by atoms with Gasteiger partial charge >= 0.3 is 6.18 Å². The minimum absolute atomic E-state index is 0.0939. The number of anilines is 2. The molecule has 0 saturated carbocycles. The first-order chi connectivity index (χ1) is 21.1. The SMILES string of the molecule is CN1CCN(c2ccc(-n3cc(C(=O)NCCCN4CCOCC4)nn3)cc2NC(=O)c2nnc(Cl)cc2C(F)(F)F)CC1. The second kappa shape index (κ2) is 13.8. The van der Waals surface area contributed by atoms with Gasteiger partial charge in [0.2, 0.25) is 0 Å². The number of carbonyl (C=O) groups excluding carboxylic acids is 2. The lowest BCUT2D eigenvalue weighted by molar-refractivity contribution is -0.138. The molecule has 0 atom stereocenters. The topological polar surface area (TPSA) is 134 Å². The van der Waals surface area contributed by atoms with Crippen LogP contribution in [0, 0.1) is 0 Å². The standard InChI is InChI=1S/C27H32ClF3N10O3/c1-38-7-9-40(10-8-38)22-4-3-18(15-20(22)33-26(43)24-19(27(29,30)31)16-23(28)35-36-24)41-17-21(34-37-41)25(42)32-5-2-6-39-11-13-44-14-12-39/h3-4,15-17H,2,5-14H2,1H3,(H,32,42)(H,33,43). The molecule has 44 heavy (non-hydrogen) atoms. The number of benzene rings is 1. The summed E-state index contributed by atoms with van der Waals surface area (Å²) >= 11 is 5.64. The van der Waals surface area contributed by atoms with Crippen molar-refractivity contribution in [1.82, 2.24) is 40.3 Å². The summed E-state index contributed by atoms with van der Waals surface area (Å²) in [6.45, 7) is 7.24. The van der Waals surface area contributed by atoms with E-state index >= 15 is 0 Å². The highest BCUT2D eigenvalue weighted by Crippen LogP contribution is 2.34. The molecule has 2 saturated heterocycles. The number of ether oxygens (including phenoxy) is 1. The predicted octanol–water partition coefficient (Wildman–Crippen LogP) is 2.19. The van der Waals surface area contributed by atoms with Gasteiger partial charge in [0, 0.05) is 45.8 Å². The number of nitrogens with zero attached hydrogens (tertiary/aromatic N) is 8. The lowest BCUT2D eigenvalue weighted by atomic mass is 10.1. The van der Waals surface area contributed by atoms with Crippen molar-refractivity contribution in [2.45, 2.75) is 12.6 Å². The van der Waals surface area contributed by atoms with Crippen molar-refractivity contribution < 1.29 is 27.5 Å². The summed E-state index contributed by atoms with van der Waals surface area (Å²) in [4.78, 5) is 32.3. The molecule has 0 bridgehead atoms. The van der Waals surface area contributed by atoms with Crippen molar-refractivity contribution in [3.8, 4) is 5.69 Å². The summed E-state index contributed by atoms with van der Waals surface area (Å²) in [5, 5.41) is 19.9. The van der Waals surface area contributed by atoms with Crippen LogP contribution < -0.4 is 15.5 Å². The van der Waals surface area contributed by atoms with E-state index in [2.05, 4.69) is 40.9 Å². The van der Waals surface area contributed by atoms with E-state index in [9.17, 15) is 22.8 Å². The molecule has 2 N–H and O–H groups in total. The van der Waals surface area contributed by atoms with Gasteiger partial charge in [-0.1, -0.05) is 16.8 Å². The summed E-state index contributed by atoms with van der Waals surface area (Å²) in [5.41, 5.74) is -0.864. The zero-order valence-electron chi connectivity index (χ0n) is 24.0. The number of carbonyl (C=O) groups is 2. The van der Waals surface area contributed by atoms with Crippen LogP contribution in [-0.4, -0.2) is 119 Å². The van der Waals surface area contributed by atoms with Crippen LogP contribution in [0.5, 0.6) is 0 Å². The average molecular weight is 637 g/mol. The summed E-state index contributed by atoms with van der Waals surface area (Å²) in [6, 6.07) is 5.58. The third-order valence-electron chi connectivity index (χ3n) is 7.39. The second-order valence-electron chi connectivity index (χ2n) is 10.5. The van der Waals surface area contributed by atoms with Crippen LogP contribution in [0.3, 0.4) is 0 Å². The molecule has 3 aromatic rings. The normalized spacial score (nSPS) is 16.6. The smallest absolute Gasteiger partial charge is 0.379 e. The number of aromatic nitrogens is 5. The first-order valence-electron chi connectivity index (χ1n) is 14.1. The van der Waals surface area contributed by atoms with E-state index in [0.717, 1.165) is 39.1 Å². The van der Waals surface area contributed by atoms with Gasteiger partial charge in [-0.25, -0.2) is 4.68 Å². The predicted molar refractivity (Wildman–Crippen MR) is 155 cm³/mol. The quantitative estimate of drug-likeness (QED) is 0.337. The Balaban J connectivity index is 1.34. The fraction of sp³-hybridized carbons (Fsp3) is 0.481. The first-order valence-corrected chi connectivity index (χ1v) is 14.5. The van der Waals surface area contributed by atoms with Gasteiger partial charge in [0.1, 0.15) is 0 Å². The average Bonchev–Trinajstić information content (AvgIpc) is 3.50. The summed E-state index contributed by atoms with van der Waals surface area (Å²) < 4.78 is 47.8. The fourth-order valence-electron chi connectivity index (χ4n) is 4.94. The Hall–Kier alpha value is -3.86. The highest BCUT2D eigenvalue weighted by atomic mass is 35.5. The Bertz CT molecular complexity index is 1470. The van der Waals surface area contributed by atoms with Crippen LogP contribution in [-0.2, 0) is 10.9 Å². The van der Waals surface area contributed by atoms with Crippen LogP contribution in [0.4, 0.5) is 24.5 Å². The highest BCUT2D eigenvalue weighted by Gasteiger charge is 2.37. The Morgan fingerprint density at radius 3 is 2.48 bits per heavy atom. The molecule has 2 aromatic heterocycles. The molecule has 2 amide bonds. The van der Waals surface area contributed by atoms with Crippen molar-refractivity contribution in [3.05, 3.63) is 52.6 Å². The number of nitrogens with one attached hydrogen (secondary N) is 2. The highest BCUT2D eigenvalue weighted by molar-refractivity contribution is 6.29. The summed E-state index contributed by atoms with van der Waals surface area (Å²) in [5.74, 6) is -1.49. The van der Waals surface area contributed by atoms with Crippen molar-refractivity contribution in [2.75, 3.05) is 82.8 Å². The van der Waals surface area contributed by atoms with Gasteiger partial charge in [-0.05, 0) is 44.3 Å². The largest absolute Gasteiger partial charge is 0.418 e. The zero-order chi connectivity index (χ0) is 31.3. The van der Waals surface area contributed by atoms with Gasteiger partial charge in [0.15, 0.2) is 16.5 Å². The van der Waals surface area contributed by atoms with Gasteiger partial charge in [-0.15, -0.1) is 15.3 Å². The van der Waals surface area contributed by atoms with E-state index < -0.39 is 28.5 Å². The van der Waals surface area contributed by atoms with Gasteiger partial charge in [-0.3, -0.25) is 14.5 Å². The molecule has 17 heteroatoms. The molecule has 2 aliphatic heterocycles. The number of likely N-dealkylation sites (N-methyl/N-ethyl adjacent to an activating group) is 1. The zero-order valence-corrected chi connectivity index (χ0v) is 24.7. The molecular formula is C27H32ClF3N10O3. The van der Waals surface area contributed by atoms with Crippen molar-refractivity contribution >= 4 is 34.8 Å². The maximum Gasteiger partial charge on any atom is 0.418 e. The number of amides is 2. The number of hydrogen-bond acceptors (Lipinski definition) is 10. The van der Waals surface area contributed by atoms with E-state index in [1.54, 1.807) is 18.2 Å². The molecular weight excluding hydrogens is 605 g/mol. The number of halogens is 4. The van der Waals surface area contributed by atoms with Gasteiger partial charge < -0.3 is 25.2 Å². The number of alkyl halides is 3. The van der Waals surface area contributed by atoms with Crippen LogP contribution in [0.15, 0.2) is 30.5 Å². The molecule has 4 heterocycles.